The van der Waals surface area contributed by atoms with E-state index in [-0.39, 0.29) is 18.1 Å². The molecule has 4 heteroatoms. The molecule has 0 atom stereocenters. The molecule has 0 spiro atoms. The Hall–Kier alpha value is -1.68. The Balaban J connectivity index is 2.61. The van der Waals surface area contributed by atoms with Crippen molar-refractivity contribution in [3.05, 3.63) is 35.9 Å². The zero-order chi connectivity index (χ0) is 11.3. The van der Waals surface area contributed by atoms with Gasteiger partial charge in [-0.2, -0.15) is 0 Å². The van der Waals surface area contributed by atoms with Gasteiger partial charge in [0.25, 0.3) is 5.91 Å². The molecule has 0 aliphatic heterocycles. The van der Waals surface area contributed by atoms with Gasteiger partial charge < -0.3 is 0 Å². The topological polar surface area (TPSA) is 46.6 Å². The number of hydrogen-bond donors (Lipinski definition) is 0. The van der Waals surface area contributed by atoms with Gasteiger partial charge in [0.2, 0.25) is 0 Å². The summed E-state index contributed by atoms with van der Waals surface area (Å²) in [7, 11) is 2.85. The largest absolute Gasteiger partial charge is 0.294 e. The predicted molar refractivity (Wildman–Crippen MR) is 55.2 cm³/mol. The second kappa shape index (κ2) is 5.26. The fourth-order valence-electron chi connectivity index (χ4n) is 1.08. The molecule has 80 valence electrons. The van der Waals surface area contributed by atoms with Crippen LogP contribution in [-0.4, -0.2) is 30.9 Å². The van der Waals surface area contributed by atoms with E-state index in [4.69, 9.17) is 0 Å². The predicted octanol–water partition coefficient (Wildman–Crippen LogP) is 1.28. The molecule has 0 aromatic heterocycles. The van der Waals surface area contributed by atoms with Crippen LogP contribution >= 0.6 is 0 Å². The number of Topliss-reactive ketones (excluding diaryl/α,β-unsaturated/α-hetero) is 1. The van der Waals surface area contributed by atoms with Crippen molar-refractivity contribution < 1.29 is 14.4 Å². The third-order valence-electron chi connectivity index (χ3n) is 2.03. The van der Waals surface area contributed by atoms with Crippen molar-refractivity contribution >= 4 is 11.7 Å². The molecule has 0 saturated carbocycles. The van der Waals surface area contributed by atoms with E-state index in [1.807, 2.05) is 6.07 Å². The SMILES string of the molecule is CON(C)C(=O)CC(=O)c1ccccc1. The van der Waals surface area contributed by atoms with Gasteiger partial charge in [0.15, 0.2) is 5.78 Å². The molecule has 0 fully saturated rings. The molecule has 0 bridgehead atoms. The number of ketones is 1. The van der Waals surface area contributed by atoms with Crippen LogP contribution in [0.5, 0.6) is 0 Å². The van der Waals surface area contributed by atoms with Crippen LogP contribution in [0.4, 0.5) is 0 Å². The number of hydrogen-bond acceptors (Lipinski definition) is 3. The first-order valence-electron chi connectivity index (χ1n) is 4.54. The molecule has 0 heterocycles. The highest BCUT2D eigenvalue weighted by atomic mass is 16.7. The van der Waals surface area contributed by atoms with Gasteiger partial charge in [-0.15, -0.1) is 0 Å². The van der Waals surface area contributed by atoms with Gasteiger partial charge >= 0.3 is 0 Å². The van der Waals surface area contributed by atoms with Crippen molar-refractivity contribution in [1.29, 1.82) is 0 Å². The van der Waals surface area contributed by atoms with E-state index in [1.54, 1.807) is 24.3 Å². The van der Waals surface area contributed by atoms with Crippen LogP contribution in [0.15, 0.2) is 30.3 Å². The summed E-state index contributed by atoms with van der Waals surface area (Å²) in [6, 6.07) is 8.71. The minimum Gasteiger partial charge on any atom is -0.294 e. The summed E-state index contributed by atoms with van der Waals surface area (Å²) in [6.45, 7) is 0. The fraction of sp³-hybridized carbons (Fsp3) is 0.273. The van der Waals surface area contributed by atoms with Gasteiger partial charge in [-0.1, -0.05) is 30.3 Å². The van der Waals surface area contributed by atoms with E-state index in [2.05, 4.69) is 4.84 Å². The lowest BCUT2D eigenvalue weighted by Crippen LogP contribution is -2.27. The Morgan fingerprint density at radius 2 is 1.87 bits per heavy atom. The van der Waals surface area contributed by atoms with Crippen LogP contribution in [0.3, 0.4) is 0 Å². The highest BCUT2D eigenvalue weighted by Crippen LogP contribution is 2.04. The highest BCUT2D eigenvalue weighted by molar-refractivity contribution is 6.07. The summed E-state index contributed by atoms with van der Waals surface area (Å²) in [5, 5.41) is 1.04. The van der Waals surface area contributed by atoms with Crippen LogP contribution in [0.25, 0.3) is 0 Å². The van der Waals surface area contributed by atoms with Crippen molar-refractivity contribution in [2.75, 3.05) is 14.2 Å². The van der Waals surface area contributed by atoms with E-state index < -0.39 is 0 Å². The lowest BCUT2D eigenvalue weighted by Gasteiger charge is -2.12. The van der Waals surface area contributed by atoms with E-state index >= 15 is 0 Å². The van der Waals surface area contributed by atoms with Crippen LogP contribution in [0, 0.1) is 0 Å². The van der Waals surface area contributed by atoms with Gasteiger partial charge in [-0.05, 0) is 0 Å². The summed E-state index contributed by atoms with van der Waals surface area (Å²) < 4.78 is 0. The number of hydroxylamine groups is 2. The fourth-order valence-corrected chi connectivity index (χ4v) is 1.08. The van der Waals surface area contributed by atoms with Gasteiger partial charge in [0.05, 0.1) is 13.5 Å². The zero-order valence-corrected chi connectivity index (χ0v) is 8.77. The first-order chi connectivity index (χ1) is 7.15. The van der Waals surface area contributed by atoms with Crippen molar-refractivity contribution in [3.8, 4) is 0 Å². The molecule has 0 unspecified atom stereocenters. The minimum atomic E-state index is -0.355. The number of carbonyl (C=O) groups is 2. The number of nitrogens with zero attached hydrogens (tertiary/aromatic N) is 1. The Bertz CT molecular complexity index is 348. The molecule has 1 amide bonds. The minimum absolute atomic E-state index is 0.172. The van der Waals surface area contributed by atoms with Gasteiger partial charge in [0, 0.05) is 12.6 Å². The lowest BCUT2D eigenvalue weighted by atomic mass is 10.1. The zero-order valence-electron chi connectivity index (χ0n) is 8.77. The van der Waals surface area contributed by atoms with E-state index in [0.717, 1.165) is 5.06 Å². The molecule has 1 rings (SSSR count). The molecule has 0 radical (unpaired) electrons. The van der Waals surface area contributed by atoms with Crippen molar-refractivity contribution in [3.63, 3.8) is 0 Å². The summed E-state index contributed by atoms with van der Waals surface area (Å²) in [6.07, 6.45) is -0.172. The van der Waals surface area contributed by atoms with Crippen LogP contribution in [0.2, 0.25) is 0 Å². The summed E-state index contributed by atoms with van der Waals surface area (Å²) in [4.78, 5) is 27.6. The van der Waals surface area contributed by atoms with Crippen molar-refractivity contribution in [2.45, 2.75) is 6.42 Å². The third-order valence-corrected chi connectivity index (χ3v) is 2.03. The van der Waals surface area contributed by atoms with E-state index in [0.29, 0.717) is 5.56 Å². The van der Waals surface area contributed by atoms with Crippen molar-refractivity contribution in [1.82, 2.24) is 5.06 Å². The second-order valence-electron chi connectivity index (χ2n) is 3.04. The number of carbonyl (C=O) groups excluding carboxylic acids is 2. The quantitative estimate of drug-likeness (QED) is 0.424. The smallest absolute Gasteiger partial charge is 0.253 e. The van der Waals surface area contributed by atoms with E-state index in [9.17, 15) is 9.59 Å². The van der Waals surface area contributed by atoms with Crippen molar-refractivity contribution in [2.24, 2.45) is 0 Å². The Kier molecular flexibility index (Phi) is 4.00. The maximum atomic E-state index is 11.6. The molecule has 0 N–H and O–H groups in total. The van der Waals surface area contributed by atoms with Crippen LogP contribution < -0.4 is 0 Å². The molecule has 1 aromatic carbocycles. The Morgan fingerprint density at radius 1 is 1.27 bits per heavy atom. The molecule has 0 saturated heterocycles. The van der Waals surface area contributed by atoms with Crippen LogP contribution in [-0.2, 0) is 9.63 Å². The van der Waals surface area contributed by atoms with E-state index in [1.165, 1.54) is 14.2 Å². The number of benzene rings is 1. The summed E-state index contributed by atoms with van der Waals surface area (Å²) in [5.74, 6) is -0.559. The standard InChI is InChI=1S/C11H13NO3/c1-12(15-2)11(14)8-10(13)9-6-4-3-5-7-9/h3-7H,8H2,1-2H3. The van der Waals surface area contributed by atoms with Crippen LogP contribution in [0.1, 0.15) is 16.8 Å². The number of rotatable bonds is 4. The first-order valence-corrected chi connectivity index (χ1v) is 4.54. The molecular formula is C11H13NO3. The monoisotopic (exact) mass is 207 g/mol. The lowest BCUT2D eigenvalue weighted by molar-refractivity contribution is -0.167. The average molecular weight is 207 g/mol. The Labute approximate surface area is 88.4 Å². The normalized spacial score (nSPS) is 9.73. The molecule has 0 aliphatic carbocycles. The molecule has 4 nitrogen and oxygen atoms in total. The molecule has 0 aliphatic rings. The summed E-state index contributed by atoms with van der Waals surface area (Å²) >= 11 is 0. The molecular weight excluding hydrogens is 194 g/mol. The highest BCUT2D eigenvalue weighted by Gasteiger charge is 2.14. The number of amides is 1. The maximum Gasteiger partial charge on any atom is 0.253 e. The summed E-state index contributed by atoms with van der Waals surface area (Å²) in [5.41, 5.74) is 0.537. The second-order valence-corrected chi connectivity index (χ2v) is 3.04. The average Bonchev–Trinajstić information content (AvgIpc) is 2.29. The third kappa shape index (κ3) is 3.18. The van der Waals surface area contributed by atoms with Gasteiger partial charge in [0.1, 0.15) is 0 Å². The van der Waals surface area contributed by atoms with Gasteiger partial charge in [-0.3, -0.25) is 14.4 Å². The molecule has 1 aromatic rings. The first kappa shape index (κ1) is 11.4. The Morgan fingerprint density at radius 3 is 2.40 bits per heavy atom. The maximum absolute atomic E-state index is 11.6. The van der Waals surface area contributed by atoms with Gasteiger partial charge in [-0.25, -0.2) is 5.06 Å². The molecule has 15 heavy (non-hydrogen) atoms.